The maximum absolute atomic E-state index is 6.46. The Labute approximate surface area is 211 Å². The van der Waals surface area contributed by atoms with E-state index in [1.807, 2.05) is 42.5 Å². The molecule has 1 atom stereocenters. The van der Waals surface area contributed by atoms with Gasteiger partial charge >= 0.3 is 0 Å². The Morgan fingerprint density at radius 3 is 2.56 bits per heavy atom. The Kier molecular flexibility index (Phi) is 4.85. The zero-order valence-corrected chi connectivity index (χ0v) is 19.8. The lowest BCUT2D eigenvalue weighted by Gasteiger charge is -2.28. The van der Waals surface area contributed by atoms with Gasteiger partial charge in [0.05, 0.1) is 5.56 Å². The van der Waals surface area contributed by atoms with Crippen molar-refractivity contribution in [2.45, 2.75) is 12.5 Å². The van der Waals surface area contributed by atoms with E-state index in [1.165, 1.54) is 0 Å². The molecular weight excluding hydrogens is 472 g/mol. The summed E-state index contributed by atoms with van der Waals surface area (Å²) in [6, 6.07) is 30.1. The van der Waals surface area contributed by atoms with Gasteiger partial charge in [0.15, 0.2) is 11.5 Å². The SMILES string of the molecule is Clc1ccc(OCc2nc3c4c(ncn3n2)Oc2c(ccc3ccccc23)[C@@H]4c2ccccc2)cc1. The molecule has 0 aliphatic carbocycles. The van der Waals surface area contributed by atoms with E-state index in [0.717, 1.165) is 33.2 Å². The minimum Gasteiger partial charge on any atom is -0.486 e. The van der Waals surface area contributed by atoms with E-state index in [1.54, 1.807) is 23.0 Å². The van der Waals surface area contributed by atoms with Gasteiger partial charge in [-0.3, -0.25) is 0 Å². The summed E-state index contributed by atoms with van der Waals surface area (Å²) in [6.45, 7) is 0.218. The molecule has 174 valence electrons. The van der Waals surface area contributed by atoms with Crippen LogP contribution in [0.2, 0.25) is 5.02 Å². The van der Waals surface area contributed by atoms with Gasteiger partial charge in [-0.25, -0.2) is 14.5 Å². The zero-order chi connectivity index (χ0) is 24.1. The molecule has 0 amide bonds. The second-order valence-corrected chi connectivity index (χ2v) is 9.09. The summed E-state index contributed by atoms with van der Waals surface area (Å²) in [5, 5.41) is 7.46. The summed E-state index contributed by atoms with van der Waals surface area (Å²) < 4.78 is 14.1. The first-order chi connectivity index (χ1) is 17.7. The highest BCUT2D eigenvalue weighted by Crippen LogP contribution is 2.50. The number of nitrogens with zero attached hydrogens (tertiary/aromatic N) is 4. The average Bonchev–Trinajstić information content (AvgIpc) is 3.35. The van der Waals surface area contributed by atoms with E-state index >= 15 is 0 Å². The highest BCUT2D eigenvalue weighted by molar-refractivity contribution is 6.30. The minimum absolute atomic E-state index is 0.111. The van der Waals surface area contributed by atoms with Crippen molar-refractivity contribution in [1.29, 1.82) is 0 Å². The van der Waals surface area contributed by atoms with Gasteiger partial charge in [-0.2, -0.15) is 0 Å². The number of halogens is 1. The fourth-order valence-electron chi connectivity index (χ4n) is 4.82. The van der Waals surface area contributed by atoms with Crippen LogP contribution < -0.4 is 9.47 Å². The van der Waals surface area contributed by atoms with Gasteiger partial charge in [-0.1, -0.05) is 78.3 Å². The van der Waals surface area contributed by atoms with Crippen molar-refractivity contribution in [3.8, 4) is 17.4 Å². The van der Waals surface area contributed by atoms with Crippen LogP contribution in [0, 0.1) is 0 Å². The lowest BCUT2D eigenvalue weighted by Crippen LogP contribution is -2.15. The number of rotatable bonds is 4. The topological polar surface area (TPSA) is 61.5 Å². The van der Waals surface area contributed by atoms with Crippen LogP contribution in [-0.4, -0.2) is 19.6 Å². The average molecular weight is 491 g/mol. The van der Waals surface area contributed by atoms with Crippen LogP contribution in [0.1, 0.15) is 28.4 Å². The third kappa shape index (κ3) is 3.46. The van der Waals surface area contributed by atoms with Crippen molar-refractivity contribution >= 4 is 28.0 Å². The summed E-state index contributed by atoms with van der Waals surface area (Å²) in [4.78, 5) is 9.50. The van der Waals surface area contributed by atoms with Crippen molar-refractivity contribution in [3.05, 3.63) is 125 Å². The van der Waals surface area contributed by atoms with E-state index in [9.17, 15) is 0 Å². The molecule has 0 N–H and O–H groups in total. The van der Waals surface area contributed by atoms with Crippen LogP contribution in [-0.2, 0) is 6.61 Å². The summed E-state index contributed by atoms with van der Waals surface area (Å²) >= 11 is 5.98. The molecule has 0 unspecified atom stereocenters. The molecule has 3 heterocycles. The first-order valence-electron chi connectivity index (χ1n) is 11.6. The molecule has 0 spiro atoms. The van der Waals surface area contributed by atoms with E-state index in [4.69, 9.17) is 26.1 Å². The molecule has 7 heteroatoms. The fraction of sp³-hybridized carbons (Fsp3) is 0.0690. The van der Waals surface area contributed by atoms with Crippen molar-refractivity contribution in [3.63, 3.8) is 0 Å². The molecule has 0 saturated carbocycles. The molecule has 4 aromatic carbocycles. The van der Waals surface area contributed by atoms with Gasteiger partial charge in [0.1, 0.15) is 24.4 Å². The van der Waals surface area contributed by atoms with Gasteiger partial charge in [0.25, 0.3) is 0 Å². The second-order valence-electron chi connectivity index (χ2n) is 8.65. The molecule has 36 heavy (non-hydrogen) atoms. The van der Waals surface area contributed by atoms with E-state index in [0.29, 0.717) is 28.1 Å². The number of hydrogen-bond donors (Lipinski definition) is 0. The molecule has 1 aliphatic heterocycles. The summed E-state index contributed by atoms with van der Waals surface area (Å²) in [5.41, 5.74) is 3.79. The van der Waals surface area contributed by atoms with Gasteiger partial charge < -0.3 is 9.47 Å². The predicted octanol–water partition coefficient (Wildman–Crippen LogP) is 6.80. The highest BCUT2D eigenvalue weighted by atomic mass is 35.5. The maximum atomic E-state index is 6.46. The first kappa shape index (κ1) is 20.9. The Morgan fingerprint density at radius 1 is 0.889 bits per heavy atom. The number of ether oxygens (including phenoxy) is 2. The minimum atomic E-state index is -0.111. The Hall–Kier alpha value is -4.42. The molecule has 0 radical (unpaired) electrons. The van der Waals surface area contributed by atoms with Crippen LogP contribution in [0.25, 0.3) is 16.4 Å². The van der Waals surface area contributed by atoms with Crippen molar-refractivity contribution in [2.75, 3.05) is 0 Å². The lowest BCUT2D eigenvalue weighted by atomic mass is 9.83. The zero-order valence-electron chi connectivity index (χ0n) is 19.0. The smallest absolute Gasteiger partial charge is 0.228 e. The monoisotopic (exact) mass is 490 g/mol. The molecule has 6 aromatic rings. The Morgan fingerprint density at radius 2 is 1.69 bits per heavy atom. The third-order valence-electron chi connectivity index (χ3n) is 6.45. The Bertz CT molecular complexity index is 1730. The van der Waals surface area contributed by atoms with Crippen LogP contribution in [0.4, 0.5) is 0 Å². The van der Waals surface area contributed by atoms with E-state index in [-0.39, 0.29) is 12.5 Å². The van der Waals surface area contributed by atoms with Gasteiger partial charge in [-0.05, 0) is 35.2 Å². The molecular formula is C29H19ClN4O2. The first-order valence-corrected chi connectivity index (χ1v) is 12.0. The van der Waals surface area contributed by atoms with Gasteiger partial charge in [0, 0.05) is 21.9 Å². The molecule has 6 nitrogen and oxygen atoms in total. The lowest BCUT2D eigenvalue weighted by molar-refractivity contribution is 0.296. The molecule has 7 rings (SSSR count). The molecule has 0 saturated heterocycles. The van der Waals surface area contributed by atoms with Crippen LogP contribution >= 0.6 is 11.6 Å². The third-order valence-corrected chi connectivity index (χ3v) is 6.71. The van der Waals surface area contributed by atoms with Crippen LogP contribution in [0.5, 0.6) is 17.4 Å². The Balaban J connectivity index is 1.37. The van der Waals surface area contributed by atoms with E-state index < -0.39 is 0 Å². The largest absolute Gasteiger partial charge is 0.486 e. The molecule has 0 bridgehead atoms. The summed E-state index contributed by atoms with van der Waals surface area (Å²) in [5.74, 6) is 2.51. The summed E-state index contributed by atoms with van der Waals surface area (Å²) in [6.07, 6.45) is 1.64. The van der Waals surface area contributed by atoms with Crippen molar-refractivity contribution < 1.29 is 9.47 Å². The normalized spacial score (nSPS) is 14.3. The number of aromatic nitrogens is 4. The van der Waals surface area contributed by atoms with Crippen LogP contribution in [0.15, 0.2) is 97.3 Å². The predicted molar refractivity (Wildman–Crippen MR) is 138 cm³/mol. The number of fused-ring (bicyclic) bond motifs is 6. The fourth-order valence-corrected chi connectivity index (χ4v) is 4.95. The van der Waals surface area contributed by atoms with Crippen LogP contribution in [0.3, 0.4) is 0 Å². The summed E-state index contributed by atoms with van der Waals surface area (Å²) in [7, 11) is 0. The van der Waals surface area contributed by atoms with Gasteiger partial charge in [-0.15, -0.1) is 5.10 Å². The quantitative estimate of drug-likeness (QED) is 0.271. The van der Waals surface area contributed by atoms with E-state index in [2.05, 4.69) is 46.5 Å². The molecule has 0 fully saturated rings. The molecule has 2 aromatic heterocycles. The standard InChI is InChI=1S/C29H19ClN4O2/c30-20-11-13-21(14-12-20)35-16-24-32-28-26-25(19-7-2-1-3-8-19)23-15-10-18-6-4-5-9-22(18)27(23)36-29(26)31-17-34(28)33-24/h1-15,17,25H,16H2/t25-/m0/s1. The number of hydrogen-bond acceptors (Lipinski definition) is 5. The molecule has 1 aliphatic rings. The van der Waals surface area contributed by atoms with Crippen molar-refractivity contribution in [2.24, 2.45) is 0 Å². The second kappa shape index (κ2) is 8.36. The number of benzene rings is 4. The highest BCUT2D eigenvalue weighted by Gasteiger charge is 2.34. The van der Waals surface area contributed by atoms with Crippen molar-refractivity contribution in [1.82, 2.24) is 19.6 Å². The van der Waals surface area contributed by atoms with Gasteiger partial charge in [0.2, 0.25) is 5.88 Å². The maximum Gasteiger partial charge on any atom is 0.228 e.